The second kappa shape index (κ2) is 5.00. The zero-order valence-electron chi connectivity index (χ0n) is 7.66. The third-order valence-electron chi connectivity index (χ3n) is 1.52. The molecule has 1 heterocycles. The molecule has 0 radical (unpaired) electrons. The van der Waals surface area contributed by atoms with E-state index in [1.165, 1.54) is 6.20 Å². The van der Waals surface area contributed by atoms with Crippen molar-refractivity contribution in [3.63, 3.8) is 0 Å². The Labute approximate surface area is 82.3 Å². The van der Waals surface area contributed by atoms with Crippen molar-refractivity contribution in [1.29, 1.82) is 0 Å². The van der Waals surface area contributed by atoms with Crippen molar-refractivity contribution >= 4 is 5.91 Å². The quantitative estimate of drug-likeness (QED) is 0.636. The second-order valence-electron chi connectivity index (χ2n) is 2.67. The van der Waals surface area contributed by atoms with E-state index in [0.29, 0.717) is 24.1 Å². The average Bonchev–Trinajstić information content (AvgIpc) is 2.19. The highest BCUT2D eigenvalue weighted by molar-refractivity contribution is 5.92. The first kappa shape index (κ1) is 10.2. The van der Waals surface area contributed by atoms with Gasteiger partial charge >= 0.3 is 0 Å². The topological polar surface area (TPSA) is 82.0 Å². The van der Waals surface area contributed by atoms with Gasteiger partial charge in [0.1, 0.15) is 0 Å². The predicted molar refractivity (Wildman–Crippen MR) is 53.3 cm³/mol. The molecule has 0 aliphatic rings. The summed E-state index contributed by atoms with van der Waals surface area (Å²) < 4.78 is 0. The number of hydrogen-bond donors (Lipinski definition) is 2. The Hall–Kier alpha value is -1.86. The second-order valence-corrected chi connectivity index (χ2v) is 2.67. The molecular weight excluding hydrogens is 178 g/mol. The van der Waals surface area contributed by atoms with Crippen LogP contribution in [0.15, 0.2) is 18.5 Å². The van der Waals surface area contributed by atoms with Crippen molar-refractivity contribution < 1.29 is 4.79 Å². The van der Waals surface area contributed by atoms with Crippen molar-refractivity contribution in [2.45, 2.75) is 6.42 Å². The SMILES string of the molecule is NCCC#Cc1cncc(C(N)=O)c1. The minimum Gasteiger partial charge on any atom is -0.366 e. The van der Waals surface area contributed by atoms with Crippen LogP contribution >= 0.6 is 0 Å². The molecule has 72 valence electrons. The van der Waals surface area contributed by atoms with E-state index in [1.807, 2.05) is 0 Å². The van der Waals surface area contributed by atoms with Gasteiger partial charge in [-0.25, -0.2) is 0 Å². The molecular formula is C10H11N3O. The molecule has 4 nitrogen and oxygen atoms in total. The number of nitrogens with zero attached hydrogens (tertiary/aromatic N) is 1. The van der Waals surface area contributed by atoms with E-state index in [-0.39, 0.29) is 0 Å². The molecule has 0 aliphatic heterocycles. The van der Waals surface area contributed by atoms with Crippen LogP contribution in [0, 0.1) is 11.8 Å². The predicted octanol–water partition coefficient (Wildman–Crippen LogP) is -0.119. The van der Waals surface area contributed by atoms with Crippen molar-refractivity contribution in [3.05, 3.63) is 29.6 Å². The lowest BCUT2D eigenvalue weighted by Crippen LogP contribution is -2.11. The molecule has 14 heavy (non-hydrogen) atoms. The molecule has 0 fully saturated rings. The van der Waals surface area contributed by atoms with Crippen LogP contribution in [0.3, 0.4) is 0 Å². The van der Waals surface area contributed by atoms with Crippen molar-refractivity contribution in [3.8, 4) is 11.8 Å². The Kier molecular flexibility index (Phi) is 3.65. The Balaban J connectivity index is 2.85. The third-order valence-corrected chi connectivity index (χ3v) is 1.52. The van der Waals surface area contributed by atoms with Crippen LogP contribution in [-0.2, 0) is 0 Å². The smallest absolute Gasteiger partial charge is 0.250 e. The fraction of sp³-hybridized carbons (Fsp3) is 0.200. The molecule has 0 saturated heterocycles. The molecule has 0 spiro atoms. The summed E-state index contributed by atoms with van der Waals surface area (Å²) in [7, 11) is 0. The normalized spacial score (nSPS) is 8.93. The molecule has 1 rings (SSSR count). The number of primary amides is 1. The van der Waals surface area contributed by atoms with Crippen LogP contribution < -0.4 is 11.5 Å². The maximum Gasteiger partial charge on any atom is 0.250 e. The highest BCUT2D eigenvalue weighted by Crippen LogP contribution is 1.99. The van der Waals surface area contributed by atoms with Gasteiger partial charge in [-0.2, -0.15) is 0 Å². The number of carbonyl (C=O) groups is 1. The van der Waals surface area contributed by atoms with Crippen LogP contribution in [0.5, 0.6) is 0 Å². The molecule has 0 bridgehead atoms. The molecule has 4 heteroatoms. The lowest BCUT2D eigenvalue weighted by Gasteiger charge is -1.94. The van der Waals surface area contributed by atoms with Crippen LogP contribution in [0.4, 0.5) is 0 Å². The summed E-state index contributed by atoms with van der Waals surface area (Å²) in [6, 6.07) is 1.61. The summed E-state index contributed by atoms with van der Waals surface area (Å²) in [4.78, 5) is 14.6. The maximum absolute atomic E-state index is 10.8. The fourth-order valence-electron chi connectivity index (χ4n) is 0.880. The number of nitrogens with two attached hydrogens (primary N) is 2. The van der Waals surface area contributed by atoms with E-state index in [0.717, 1.165) is 0 Å². The minimum absolute atomic E-state index is 0.365. The van der Waals surface area contributed by atoms with Gasteiger partial charge in [-0.1, -0.05) is 11.8 Å². The van der Waals surface area contributed by atoms with Gasteiger partial charge in [-0.15, -0.1) is 0 Å². The zero-order valence-corrected chi connectivity index (χ0v) is 7.66. The molecule has 0 aliphatic carbocycles. The van der Waals surface area contributed by atoms with Gasteiger partial charge in [0.25, 0.3) is 0 Å². The van der Waals surface area contributed by atoms with Gasteiger partial charge in [0.05, 0.1) is 5.56 Å². The lowest BCUT2D eigenvalue weighted by atomic mass is 10.2. The first-order chi connectivity index (χ1) is 6.74. The van der Waals surface area contributed by atoms with Gasteiger partial charge in [0.2, 0.25) is 5.91 Å². The van der Waals surface area contributed by atoms with Crippen molar-refractivity contribution in [1.82, 2.24) is 4.98 Å². The van der Waals surface area contributed by atoms with Crippen LogP contribution in [0.25, 0.3) is 0 Å². The highest BCUT2D eigenvalue weighted by atomic mass is 16.1. The summed E-state index contributed by atoms with van der Waals surface area (Å²) in [6.07, 6.45) is 3.62. The molecule has 0 saturated carbocycles. The molecule has 1 amide bonds. The molecule has 1 aromatic heterocycles. The van der Waals surface area contributed by atoms with E-state index in [9.17, 15) is 4.79 Å². The summed E-state index contributed by atoms with van der Waals surface area (Å²) in [5, 5.41) is 0. The van der Waals surface area contributed by atoms with E-state index in [4.69, 9.17) is 11.5 Å². The number of carbonyl (C=O) groups excluding carboxylic acids is 1. The van der Waals surface area contributed by atoms with Gasteiger partial charge in [-0.05, 0) is 6.07 Å². The van der Waals surface area contributed by atoms with Crippen LogP contribution in [-0.4, -0.2) is 17.4 Å². The van der Waals surface area contributed by atoms with E-state index in [1.54, 1.807) is 12.3 Å². The first-order valence-electron chi connectivity index (χ1n) is 4.18. The summed E-state index contributed by atoms with van der Waals surface area (Å²) in [5.74, 6) is 5.19. The lowest BCUT2D eigenvalue weighted by molar-refractivity contribution is 0.1000. The largest absolute Gasteiger partial charge is 0.366 e. The first-order valence-corrected chi connectivity index (χ1v) is 4.18. The summed E-state index contributed by atoms with van der Waals surface area (Å²) in [5.41, 5.74) is 11.4. The highest BCUT2D eigenvalue weighted by Gasteiger charge is 1.99. The van der Waals surface area contributed by atoms with Gasteiger partial charge in [0.15, 0.2) is 0 Å². The number of pyridine rings is 1. The number of aromatic nitrogens is 1. The van der Waals surface area contributed by atoms with E-state index >= 15 is 0 Å². The Bertz CT molecular complexity index is 390. The standard InChI is InChI=1S/C10H11N3O/c11-4-2-1-3-8-5-9(10(12)14)7-13-6-8/h5-7H,2,4,11H2,(H2,12,14). The molecule has 4 N–H and O–H groups in total. The van der Waals surface area contributed by atoms with Crippen LogP contribution in [0.1, 0.15) is 22.3 Å². The van der Waals surface area contributed by atoms with Gasteiger partial charge < -0.3 is 11.5 Å². The molecule has 1 aromatic rings. The fourth-order valence-corrected chi connectivity index (χ4v) is 0.880. The Morgan fingerprint density at radius 3 is 2.93 bits per heavy atom. The summed E-state index contributed by atoms with van der Waals surface area (Å²) >= 11 is 0. The Morgan fingerprint density at radius 1 is 1.50 bits per heavy atom. The van der Waals surface area contributed by atoms with Crippen LogP contribution in [0.2, 0.25) is 0 Å². The summed E-state index contributed by atoms with van der Waals surface area (Å²) in [6.45, 7) is 0.524. The van der Waals surface area contributed by atoms with Gasteiger partial charge in [0, 0.05) is 30.9 Å². The van der Waals surface area contributed by atoms with E-state index in [2.05, 4.69) is 16.8 Å². The molecule has 0 unspecified atom stereocenters. The average molecular weight is 189 g/mol. The maximum atomic E-state index is 10.8. The van der Waals surface area contributed by atoms with Gasteiger partial charge in [-0.3, -0.25) is 9.78 Å². The number of amides is 1. The Morgan fingerprint density at radius 2 is 2.29 bits per heavy atom. The zero-order chi connectivity index (χ0) is 10.4. The van der Waals surface area contributed by atoms with Crippen molar-refractivity contribution in [2.24, 2.45) is 11.5 Å². The van der Waals surface area contributed by atoms with E-state index < -0.39 is 5.91 Å². The monoisotopic (exact) mass is 189 g/mol. The third kappa shape index (κ3) is 2.88. The minimum atomic E-state index is -0.500. The molecule has 0 aromatic carbocycles. The number of rotatable bonds is 2. The molecule has 0 atom stereocenters. The van der Waals surface area contributed by atoms with Crippen molar-refractivity contribution in [2.75, 3.05) is 6.54 Å². The number of hydrogen-bond acceptors (Lipinski definition) is 3.